The van der Waals surface area contributed by atoms with Crippen LogP contribution in [-0.4, -0.2) is 18.1 Å². The van der Waals surface area contributed by atoms with Gasteiger partial charge in [-0.25, -0.2) is 4.98 Å². The van der Waals surface area contributed by atoms with Gasteiger partial charge in [0.05, 0.1) is 17.1 Å². The predicted octanol–water partition coefficient (Wildman–Crippen LogP) is 3.71. The number of anilines is 1. The number of hydrogen-bond acceptors (Lipinski definition) is 3. The fraction of sp³-hybridized carbons (Fsp3) is 0.158. The number of hydrogen-bond donors (Lipinski definition) is 0. The minimum Gasteiger partial charge on any atom is -0.355 e. The average Bonchev–Trinajstić information content (AvgIpc) is 2.54. The highest BCUT2D eigenvalue weighted by Gasteiger charge is 2.28. The fourth-order valence-corrected chi connectivity index (χ4v) is 2.96. The lowest BCUT2D eigenvalue weighted by Gasteiger charge is -2.40. The second-order valence-corrected chi connectivity index (χ2v) is 5.70. The highest BCUT2D eigenvalue weighted by Crippen LogP contribution is 2.31. The topological polar surface area (TPSA) is 39.9 Å². The van der Waals surface area contributed by atoms with Gasteiger partial charge in [-0.3, -0.25) is 0 Å². The molecule has 106 valence electrons. The Hall–Kier alpha value is -2.86. The number of aromatic nitrogens is 1. The highest BCUT2D eigenvalue weighted by atomic mass is 15.2. The Labute approximate surface area is 129 Å². The molecule has 0 unspecified atom stereocenters. The Balaban J connectivity index is 1.55. The van der Waals surface area contributed by atoms with Crippen molar-refractivity contribution in [2.24, 2.45) is 0 Å². The summed E-state index contributed by atoms with van der Waals surface area (Å²) in [5.74, 6) is 1.61. The molecule has 1 aromatic heterocycles. The molecular weight excluding hydrogens is 270 g/mol. The number of nitriles is 1. The first-order chi connectivity index (χ1) is 10.8. The Morgan fingerprint density at radius 1 is 1.00 bits per heavy atom. The summed E-state index contributed by atoms with van der Waals surface area (Å²) in [4.78, 5) is 7.02. The van der Waals surface area contributed by atoms with E-state index < -0.39 is 0 Å². The molecule has 1 aliphatic rings. The number of fused-ring (bicyclic) bond motifs is 1. The van der Waals surface area contributed by atoms with Gasteiger partial charge in [0.15, 0.2) is 0 Å². The molecule has 3 aromatic rings. The molecule has 0 bridgehead atoms. The summed E-state index contributed by atoms with van der Waals surface area (Å²) >= 11 is 0. The zero-order valence-electron chi connectivity index (χ0n) is 12.1. The zero-order valence-corrected chi connectivity index (χ0v) is 12.1. The summed E-state index contributed by atoms with van der Waals surface area (Å²) in [5.41, 5.74) is 3.02. The molecule has 0 atom stereocenters. The summed E-state index contributed by atoms with van der Waals surface area (Å²) < 4.78 is 0. The maximum absolute atomic E-state index is 8.95. The first kappa shape index (κ1) is 12.8. The van der Waals surface area contributed by atoms with E-state index in [1.54, 1.807) is 0 Å². The predicted molar refractivity (Wildman–Crippen MR) is 87.9 cm³/mol. The Bertz CT molecular complexity index is 859. The average molecular weight is 285 g/mol. The van der Waals surface area contributed by atoms with Crippen LogP contribution in [0.3, 0.4) is 0 Å². The van der Waals surface area contributed by atoms with E-state index in [4.69, 9.17) is 10.2 Å². The van der Waals surface area contributed by atoms with Crippen LogP contribution in [0.1, 0.15) is 17.0 Å². The zero-order chi connectivity index (χ0) is 14.9. The summed E-state index contributed by atoms with van der Waals surface area (Å²) in [6.07, 6.45) is 0. The summed E-state index contributed by atoms with van der Waals surface area (Å²) in [6, 6.07) is 22.5. The van der Waals surface area contributed by atoms with Crippen molar-refractivity contribution in [3.8, 4) is 6.07 Å². The van der Waals surface area contributed by atoms with Crippen molar-refractivity contribution in [3.63, 3.8) is 0 Å². The molecule has 2 heterocycles. The van der Waals surface area contributed by atoms with E-state index >= 15 is 0 Å². The van der Waals surface area contributed by atoms with Crippen LogP contribution < -0.4 is 4.90 Å². The first-order valence-corrected chi connectivity index (χ1v) is 7.44. The van der Waals surface area contributed by atoms with Crippen LogP contribution in [0.5, 0.6) is 0 Å². The van der Waals surface area contributed by atoms with Crippen molar-refractivity contribution >= 4 is 16.7 Å². The van der Waals surface area contributed by atoms with Crippen LogP contribution >= 0.6 is 0 Å². The lowest BCUT2D eigenvalue weighted by molar-refractivity contribution is 0.520. The van der Waals surface area contributed by atoms with Gasteiger partial charge in [-0.15, -0.1) is 0 Å². The molecular formula is C19H15N3. The quantitative estimate of drug-likeness (QED) is 0.720. The van der Waals surface area contributed by atoms with Gasteiger partial charge in [0.1, 0.15) is 5.82 Å². The van der Waals surface area contributed by atoms with Gasteiger partial charge in [0.25, 0.3) is 0 Å². The van der Waals surface area contributed by atoms with Crippen LogP contribution in [0.15, 0.2) is 60.7 Å². The van der Waals surface area contributed by atoms with Crippen LogP contribution in [0.2, 0.25) is 0 Å². The molecule has 1 saturated heterocycles. The third-order valence-electron chi connectivity index (χ3n) is 4.28. The molecule has 1 fully saturated rings. The smallest absolute Gasteiger partial charge is 0.129 e. The van der Waals surface area contributed by atoms with Crippen molar-refractivity contribution in [2.75, 3.05) is 18.0 Å². The molecule has 0 amide bonds. The minimum absolute atomic E-state index is 0.597. The maximum atomic E-state index is 8.95. The van der Waals surface area contributed by atoms with Crippen LogP contribution in [-0.2, 0) is 0 Å². The Morgan fingerprint density at radius 2 is 1.82 bits per heavy atom. The molecule has 0 radical (unpaired) electrons. The number of rotatable bonds is 2. The molecule has 0 spiro atoms. The maximum Gasteiger partial charge on any atom is 0.129 e. The van der Waals surface area contributed by atoms with Crippen LogP contribution in [0.4, 0.5) is 5.82 Å². The minimum atomic E-state index is 0.597. The summed E-state index contributed by atoms with van der Waals surface area (Å²) in [6.45, 7) is 2.03. The molecule has 0 N–H and O–H groups in total. The summed E-state index contributed by atoms with van der Waals surface area (Å²) in [7, 11) is 0. The van der Waals surface area contributed by atoms with Crippen LogP contribution in [0.25, 0.3) is 10.9 Å². The molecule has 0 saturated carbocycles. The molecule has 2 aromatic carbocycles. The van der Waals surface area contributed by atoms with E-state index in [-0.39, 0.29) is 0 Å². The molecule has 4 rings (SSSR count). The van der Waals surface area contributed by atoms with Gasteiger partial charge in [0, 0.05) is 24.4 Å². The van der Waals surface area contributed by atoms with E-state index in [9.17, 15) is 0 Å². The van der Waals surface area contributed by atoms with E-state index in [0.29, 0.717) is 11.5 Å². The normalized spacial score (nSPS) is 14.6. The molecule has 3 heteroatoms. The van der Waals surface area contributed by atoms with E-state index in [2.05, 4.69) is 41.3 Å². The lowest BCUT2D eigenvalue weighted by atomic mass is 9.91. The second-order valence-electron chi connectivity index (χ2n) is 5.70. The van der Waals surface area contributed by atoms with Crippen LogP contribution in [0, 0.1) is 11.3 Å². The van der Waals surface area contributed by atoms with Crippen molar-refractivity contribution in [1.82, 2.24) is 4.98 Å². The van der Waals surface area contributed by atoms with Crippen molar-refractivity contribution in [2.45, 2.75) is 5.92 Å². The van der Waals surface area contributed by atoms with E-state index in [0.717, 1.165) is 29.8 Å². The van der Waals surface area contributed by atoms with Gasteiger partial charge in [-0.05, 0) is 35.9 Å². The molecule has 1 aliphatic heterocycles. The monoisotopic (exact) mass is 285 g/mol. The molecule has 22 heavy (non-hydrogen) atoms. The molecule has 0 aliphatic carbocycles. The SMILES string of the molecule is N#Cc1ccc2nc(N3CC(c4ccccc4)C3)ccc2c1. The molecule has 3 nitrogen and oxygen atoms in total. The van der Waals surface area contributed by atoms with Gasteiger partial charge in [-0.2, -0.15) is 5.26 Å². The largest absolute Gasteiger partial charge is 0.355 e. The van der Waals surface area contributed by atoms with Gasteiger partial charge in [-0.1, -0.05) is 30.3 Å². The number of benzene rings is 2. The lowest BCUT2D eigenvalue weighted by Crippen LogP contribution is -2.45. The fourth-order valence-electron chi connectivity index (χ4n) is 2.96. The number of nitrogens with zero attached hydrogens (tertiary/aromatic N) is 3. The van der Waals surface area contributed by atoms with Crippen molar-refractivity contribution < 1.29 is 0 Å². The van der Waals surface area contributed by atoms with Crippen molar-refractivity contribution in [3.05, 3.63) is 71.8 Å². The summed E-state index contributed by atoms with van der Waals surface area (Å²) in [5, 5.41) is 9.96. The Morgan fingerprint density at radius 3 is 2.59 bits per heavy atom. The van der Waals surface area contributed by atoms with Gasteiger partial charge < -0.3 is 4.90 Å². The third kappa shape index (κ3) is 2.19. The van der Waals surface area contributed by atoms with Gasteiger partial charge >= 0.3 is 0 Å². The second kappa shape index (κ2) is 5.16. The third-order valence-corrected chi connectivity index (χ3v) is 4.28. The number of pyridine rings is 1. The first-order valence-electron chi connectivity index (χ1n) is 7.44. The van der Waals surface area contributed by atoms with Gasteiger partial charge in [0.2, 0.25) is 0 Å². The standard InChI is InChI=1S/C19H15N3/c20-11-14-6-8-18-16(10-14)7-9-19(21-18)22-12-17(13-22)15-4-2-1-3-5-15/h1-10,17H,12-13H2. The van der Waals surface area contributed by atoms with E-state index in [1.807, 2.05) is 30.3 Å². The highest BCUT2D eigenvalue weighted by molar-refractivity contribution is 5.81. The van der Waals surface area contributed by atoms with Crippen molar-refractivity contribution in [1.29, 1.82) is 5.26 Å². The Kier molecular flexibility index (Phi) is 3.01. The van der Waals surface area contributed by atoms with E-state index in [1.165, 1.54) is 5.56 Å².